The van der Waals surface area contributed by atoms with E-state index in [9.17, 15) is 48.9 Å². The Labute approximate surface area is 379 Å². The van der Waals surface area contributed by atoms with Gasteiger partial charge in [-0.15, -0.1) is 11.8 Å². The monoisotopic (exact) mass is 957 g/mol. The van der Waals surface area contributed by atoms with Gasteiger partial charge in [-0.2, -0.15) is 26.3 Å². The minimum atomic E-state index is -5.95. The van der Waals surface area contributed by atoms with Gasteiger partial charge in [0.05, 0.1) is 17.2 Å². The third-order valence-corrected chi connectivity index (χ3v) is 15.2. The van der Waals surface area contributed by atoms with Crippen LogP contribution < -0.4 is 14.9 Å². The standard InChI is InChI=1S/C45H57F6N5O5S3/c1-32(16-20-44(46,47)48)39-29-43(2,3)19-17-34(39)30-55-22-24-56(25-23-55)36-12-10-33(11-13-36)42(58)53-63(59)38-14-15-40(41(28-38)64(60,61)45(49,50)51)52-35(18-21-54(4)26-27-57)31-62-37-8-6-5-7-9-37/h5-15,28,35,52,57H,1,16-27,29-31H2,2-4H3,(H,53,58). The molecule has 1 aliphatic heterocycles. The molecule has 10 nitrogen and oxygen atoms in total. The summed E-state index contributed by atoms with van der Waals surface area (Å²) in [7, 11) is -6.62. The second-order valence-corrected chi connectivity index (χ2v) is 21.3. The molecule has 1 fully saturated rings. The number of hydrogen-bond donors (Lipinski definition) is 3. The molecular formula is C45H57F6N5O5S3. The number of sulfone groups is 1. The van der Waals surface area contributed by atoms with E-state index in [-0.39, 0.29) is 34.6 Å². The number of thioether (sulfide) groups is 1. The van der Waals surface area contributed by atoms with Crippen molar-refractivity contribution < 1.29 is 48.9 Å². The third-order valence-electron chi connectivity index (χ3n) is 11.4. The lowest BCUT2D eigenvalue weighted by Gasteiger charge is -2.39. The van der Waals surface area contributed by atoms with Crippen molar-refractivity contribution in [2.24, 2.45) is 5.41 Å². The van der Waals surface area contributed by atoms with Crippen molar-refractivity contribution in [3.05, 3.63) is 102 Å². The number of alkyl halides is 6. The van der Waals surface area contributed by atoms with E-state index < -0.39 is 55.8 Å². The van der Waals surface area contributed by atoms with Gasteiger partial charge in [-0.25, -0.2) is 12.6 Å². The molecule has 2 atom stereocenters. The molecule has 3 aromatic rings. The molecule has 2 aliphatic rings. The van der Waals surface area contributed by atoms with Crippen LogP contribution in [0, 0.1) is 5.41 Å². The topological polar surface area (TPSA) is 122 Å². The number of allylic oxidation sites excluding steroid dienone is 2. The maximum Gasteiger partial charge on any atom is 0.501 e. The molecule has 3 N–H and O–H groups in total. The lowest BCUT2D eigenvalue weighted by molar-refractivity contribution is -0.133. The molecule has 1 heterocycles. The normalized spacial score (nSPS) is 17.3. The van der Waals surface area contributed by atoms with Gasteiger partial charge in [0, 0.05) is 73.6 Å². The Balaban J connectivity index is 1.24. The minimum Gasteiger partial charge on any atom is -0.395 e. The van der Waals surface area contributed by atoms with Gasteiger partial charge < -0.3 is 20.2 Å². The number of amides is 1. The van der Waals surface area contributed by atoms with Gasteiger partial charge in [0.2, 0.25) is 0 Å². The van der Waals surface area contributed by atoms with Crippen LogP contribution >= 0.6 is 11.8 Å². The van der Waals surface area contributed by atoms with E-state index in [2.05, 4.69) is 40.3 Å². The summed E-state index contributed by atoms with van der Waals surface area (Å²) in [5.74, 6) is -0.436. The number of nitrogens with zero attached hydrogens (tertiary/aromatic N) is 3. The number of piperazine rings is 1. The zero-order chi connectivity index (χ0) is 46.9. The average Bonchev–Trinajstić information content (AvgIpc) is 3.24. The summed E-state index contributed by atoms with van der Waals surface area (Å²) in [6, 6.07) is 18.2. The SMILES string of the molecule is C=C(CCC(F)(F)F)C1=C(CN2CCN(c3ccc(C(=O)NS(=O)c4ccc(NC(CCN(C)CCO)CSc5ccccc5)c(S(=O)(=O)C(F)(F)F)c4)cc3)CC2)CCC(C)(C)C1. The molecule has 0 bridgehead atoms. The van der Waals surface area contributed by atoms with E-state index in [4.69, 9.17) is 0 Å². The molecule has 0 spiro atoms. The van der Waals surface area contributed by atoms with Crippen LogP contribution in [0.15, 0.2) is 111 Å². The predicted molar refractivity (Wildman–Crippen MR) is 242 cm³/mol. The number of anilines is 2. The third kappa shape index (κ3) is 14.6. The number of aliphatic hydroxyl groups excluding tert-OH is 1. The van der Waals surface area contributed by atoms with Crippen LogP contribution in [0.25, 0.3) is 0 Å². The van der Waals surface area contributed by atoms with Crippen LogP contribution in [0.1, 0.15) is 62.7 Å². The highest BCUT2D eigenvalue weighted by Gasteiger charge is 2.48. The molecule has 1 saturated heterocycles. The molecule has 19 heteroatoms. The molecule has 0 aromatic heterocycles. The Morgan fingerprint density at radius 2 is 1.66 bits per heavy atom. The van der Waals surface area contributed by atoms with Crippen LogP contribution in [-0.2, 0) is 20.8 Å². The Kier molecular flexibility index (Phi) is 17.6. The molecule has 0 radical (unpaired) electrons. The first-order valence-electron chi connectivity index (χ1n) is 21.0. The van der Waals surface area contributed by atoms with Crippen LogP contribution in [0.4, 0.5) is 37.7 Å². The van der Waals surface area contributed by atoms with Crippen molar-refractivity contribution in [2.75, 3.05) is 75.4 Å². The highest BCUT2D eigenvalue weighted by Crippen LogP contribution is 2.43. The fourth-order valence-corrected chi connectivity index (χ4v) is 10.5. The lowest BCUT2D eigenvalue weighted by atomic mass is 9.72. The predicted octanol–water partition coefficient (Wildman–Crippen LogP) is 8.85. The van der Waals surface area contributed by atoms with Gasteiger partial charge in [-0.05, 0) is 111 Å². The number of halogens is 6. The number of benzene rings is 3. The van der Waals surface area contributed by atoms with Crippen molar-refractivity contribution in [2.45, 2.75) is 84.8 Å². The molecule has 5 rings (SSSR count). The van der Waals surface area contributed by atoms with Crippen molar-refractivity contribution in [1.29, 1.82) is 0 Å². The molecule has 64 heavy (non-hydrogen) atoms. The molecule has 0 saturated carbocycles. The Morgan fingerprint density at radius 3 is 2.28 bits per heavy atom. The van der Waals surface area contributed by atoms with Crippen LogP contribution in [-0.4, -0.2) is 116 Å². The van der Waals surface area contributed by atoms with Crippen LogP contribution in [0.5, 0.6) is 0 Å². The van der Waals surface area contributed by atoms with Crippen LogP contribution in [0.2, 0.25) is 0 Å². The highest BCUT2D eigenvalue weighted by atomic mass is 32.2. The smallest absolute Gasteiger partial charge is 0.395 e. The summed E-state index contributed by atoms with van der Waals surface area (Å²) in [5.41, 5.74) is -2.42. The van der Waals surface area contributed by atoms with E-state index in [0.29, 0.717) is 76.0 Å². The first-order valence-corrected chi connectivity index (χ1v) is 24.6. The fraction of sp³-hybridized carbons (Fsp3) is 0.489. The summed E-state index contributed by atoms with van der Waals surface area (Å²) in [6.45, 7) is 12.4. The maximum atomic E-state index is 14.1. The van der Waals surface area contributed by atoms with Gasteiger partial charge in [0.1, 0.15) is 4.90 Å². The number of carbonyl (C=O) groups is 1. The quantitative estimate of drug-likeness (QED) is 0.0749. The first kappa shape index (κ1) is 51.1. The second kappa shape index (κ2) is 22.1. The van der Waals surface area contributed by atoms with E-state index in [0.717, 1.165) is 40.6 Å². The van der Waals surface area contributed by atoms with Crippen LogP contribution in [0.3, 0.4) is 0 Å². The van der Waals surface area contributed by atoms with Gasteiger partial charge in [-0.3, -0.25) is 14.4 Å². The fourth-order valence-electron chi connectivity index (χ4n) is 7.66. The number of rotatable bonds is 20. The molecule has 1 amide bonds. The molecule has 3 aromatic carbocycles. The van der Waals surface area contributed by atoms with E-state index in [1.165, 1.54) is 30.0 Å². The van der Waals surface area contributed by atoms with Gasteiger partial charge >= 0.3 is 11.7 Å². The number of hydrogen-bond acceptors (Lipinski definition) is 10. The Bertz CT molecular complexity index is 2230. The first-order chi connectivity index (χ1) is 30.0. The molecule has 1 aliphatic carbocycles. The van der Waals surface area contributed by atoms with Crippen molar-refractivity contribution in [3.8, 4) is 0 Å². The number of likely N-dealkylation sites (N-methyl/N-ethyl adjacent to an activating group) is 1. The summed E-state index contributed by atoms with van der Waals surface area (Å²) in [4.78, 5) is 18.9. The van der Waals surface area contributed by atoms with E-state index in [1.54, 1.807) is 19.2 Å². The lowest BCUT2D eigenvalue weighted by Crippen LogP contribution is -2.47. The maximum absolute atomic E-state index is 14.1. The second-order valence-electron chi connectivity index (χ2n) is 17.0. The van der Waals surface area contributed by atoms with Gasteiger partial charge in [0.15, 0.2) is 11.0 Å². The zero-order valence-corrected chi connectivity index (χ0v) is 38.7. The van der Waals surface area contributed by atoms with Gasteiger partial charge in [-0.1, -0.05) is 49.8 Å². The largest absolute Gasteiger partial charge is 0.501 e. The summed E-state index contributed by atoms with van der Waals surface area (Å²) >= 11 is 1.43. The minimum absolute atomic E-state index is 0.0179. The van der Waals surface area contributed by atoms with Gasteiger partial charge in [0.25, 0.3) is 15.7 Å². The Morgan fingerprint density at radius 1 is 0.984 bits per heavy atom. The van der Waals surface area contributed by atoms with E-state index >= 15 is 0 Å². The van der Waals surface area contributed by atoms with Crippen molar-refractivity contribution >= 4 is 49.9 Å². The van der Waals surface area contributed by atoms with Crippen molar-refractivity contribution in [3.63, 3.8) is 0 Å². The summed E-state index contributed by atoms with van der Waals surface area (Å²) in [5, 5.41) is 12.3. The summed E-state index contributed by atoms with van der Waals surface area (Å²) < 4.78 is 123. The average molecular weight is 958 g/mol. The summed E-state index contributed by atoms with van der Waals surface area (Å²) in [6.07, 6.45) is -2.43. The number of aliphatic hydroxyl groups is 1. The molecule has 2 unspecified atom stereocenters. The molecule has 352 valence electrons. The Hall–Kier alpha value is -3.88. The highest BCUT2D eigenvalue weighted by molar-refractivity contribution is 7.99. The number of nitrogens with one attached hydrogen (secondary N) is 2. The van der Waals surface area contributed by atoms with E-state index in [1.807, 2.05) is 35.2 Å². The number of carbonyl (C=O) groups excluding carboxylic acids is 1. The molecular weight excluding hydrogens is 901 g/mol. The zero-order valence-electron chi connectivity index (χ0n) is 36.2. The van der Waals surface area contributed by atoms with Crippen molar-refractivity contribution in [1.82, 2.24) is 14.5 Å².